The van der Waals surface area contributed by atoms with Crippen LogP contribution in [0, 0.1) is 0 Å². The first-order valence-corrected chi connectivity index (χ1v) is 7.76. The predicted octanol–water partition coefficient (Wildman–Crippen LogP) is 1.46. The Morgan fingerprint density at radius 1 is 0.783 bits per heavy atom. The third-order valence-electron chi connectivity index (χ3n) is 3.52. The second-order valence-electron chi connectivity index (χ2n) is 4.86. The van der Waals surface area contributed by atoms with Crippen LogP contribution in [0.25, 0.3) is 0 Å². The fourth-order valence-corrected chi connectivity index (χ4v) is 4.06. The number of carboxylic acid groups (broad SMARTS) is 2. The first-order chi connectivity index (χ1) is 10.7. The van der Waals surface area contributed by atoms with Gasteiger partial charge < -0.3 is 10.2 Å². The van der Waals surface area contributed by atoms with Crippen LogP contribution >= 0.6 is 0 Å². The minimum absolute atomic E-state index is 0.176. The number of hydrogen-bond acceptors (Lipinski definition) is 5. The molecule has 7 nitrogen and oxygen atoms in total. The van der Waals surface area contributed by atoms with Gasteiger partial charge in [-0.05, 0) is 36.4 Å². The van der Waals surface area contributed by atoms with Gasteiger partial charge in [0.2, 0.25) is 9.84 Å². The summed E-state index contributed by atoms with van der Waals surface area (Å²) in [4.78, 5) is 33.7. The summed E-state index contributed by atoms with van der Waals surface area (Å²) in [6, 6.07) is 6.31. The number of benzene rings is 2. The monoisotopic (exact) mass is 332 g/mol. The van der Waals surface area contributed by atoms with Crippen LogP contribution < -0.4 is 0 Å². The highest BCUT2D eigenvalue weighted by molar-refractivity contribution is 7.91. The lowest BCUT2D eigenvalue weighted by molar-refractivity contribution is 0.0685. The van der Waals surface area contributed by atoms with Crippen molar-refractivity contribution < 1.29 is 33.0 Å². The van der Waals surface area contributed by atoms with E-state index in [0.29, 0.717) is 0 Å². The highest BCUT2D eigenvalue weighted by atomic mass is 32.2. The van der Waals surface area contributed by atoms with E-state index in [1.165, 1.54) is 0 Å². The zero-order valence-electron chi connectivity index (χ0n) is 11.3. The quantitative estimate of drug-likeness (QED) is 0.727. The van der Waals surface area contributed by atoms with Crippen LogP contribution in [0.1, 0.15) is 36.6 Å². The van der Waals surface area contributed by atoms with Crippen molar-refractivity contribution in [3.63, 3.8) is 0 Å². The van der Waals surface area contributed by atoms with E-state index in [-0.39, 0.29) is 27.1 Å². The number of ketones is 1. The molecule has 2 aromatic carbocycles. The van der Waals surface area contributed by atoms with E-state index >= 15 is 0 Å². The number of aromatic carboxylic acids is 2. The van der Waals surface area contributed by atoms with Crippen LogP contribution in [0.4, 0.5) is 0 Å². The Kier molecular flexibility index (Phi) is 3.08. The smallest absolute Gasteiger partial charge is 0.335 e. The predicted molar refractivity (Wildman–Crippen MR) is 75.7 cm³/mol. The molecule has 0 bridgehead atoms. The molecule has 0 fully saturated rings. The van der Waals surface area contributed by atoms with Crippen LogP contribution in [0.3, 0.4) is 0 Å². The normalized spacial score (nSPS) is 14.7. The maximum absolute atomic E-state index is 12.6. The van der Waals surface area contributed by atoms with Crippen molar-refractivity contribution in [3.05, 3.63) is 58.7 Å². The fourth-order valence-electron chi connectivity index (χ4n) is 2.40. The minimum atomic E-state index is -4.11. The van der Waals surface area contributed by atoms with Gasteiger partial charge >= 0.3 is 11.9 Å². The Balaban J connectivity index is 2.33. The number of fused-ring (bicyclic) bond motifs is 2. The third-order valence-corrected chi connectivity index (χ3v) is 5.38. The average molecular weight is 332 g/mol. The highest BCUT2D eigenvalue weighted by Gasteiger charge is 2.35. The third kappa shape index (κ3) is 2.11. The molecule has 2 aromatic rings. The molecule has 8 heteroatoms. The molecular formula is C15H8O7S. The fraction of sp³-hybridized carbons (Fsp3) is 0. The molecule has 116 valence electrons. The number of sulfone groups is 1. The molecule has 1 heterocycles. The summed E-state index contributed by atoms with van der Waals surface area (Å²) in [5.74, 6) is -3.27. The molecule has 2 N–H and O–H groups in total. The first kappa shape index (κ1) is 14.9. The van der Waals surface area contributed by atoms with Crippen LogP contribution in [0.5, 0.6) is 0 Å². The summed E-state index contributed by atoms with van der Waals surface area (Å²) in [5.41, 5.74) is -0.880. The number of rotatable bonds is 2. The largest absolute Gasteiger partial charge is 0.478 e. The topological polar surface area (TPSA) is 126 Å². The Hall–Kier alpha value is -3.00. The van der Waals surface area contributed by atoms with Crippen molar-refractivity contribution in [2.45, 2.75) is 9.79 Å². The van der Waals surface area contributed by atoms with Gasteiger partial charge in [-0.3, -0.25) is 4.79 Å². The lowest BCUT2D eigenvalue weighted by atomic mass is 9.99. The SMILES string of the molecule is O=C(O)c1ccc2c(c1)C(=O)c1ccc(C(=O)O)cc1S2(=O)=O. The Labute approximate surface area is 129 Å². The Bertz CT molecular complexity index is 1000. The molecule has 1 aliphatic heterocycles. The number of hydrogen-bond donors (Lipinski definition) is 2. The first-order valence-electron chi connectivity index (χ1n) is 6.28. The molecule has 0 aromatic heterocycles. The van der Waals surface area contributed by atoms with E-state index < -0.39 is 32.5 Å². The van der Waals surface area contributed by atoms with E-state index in [2.05, 4.69) is 0 Å². The molecular weight excluding hydrogens is 324 g/mol. The molecule has 3 rings (SSSR count). The standard InChI is InChI=1S/C15H8O7S/c16-13-9-3-1-8(15(19)20)6-12(9)23(21,22)11-4-2-7(14(17)18)5-10(11)13/h1-6H,(H,17,18)(H,19,20). The zero-order valence-corrected chi connectivity index (χ0v) is 12.1. The van der Waals surface area contributed by atoms with Crippen molar-refractivity contribution in [1.29, 1.82) is 0 Å². The van der Waals surface area contributed by atoms with Crippen molar-refractivity contribution in [3.8, 4) is 0 Å². The molecule has 0 spiro atoms. The molecule has 0 amide bonds. The van der Waals surface area contributed by atoms with Crippen LogP contribution in [-0.4, -0.2) is 36.4 Å². The van der Waals surface area contributed by atoms with Gasteiger partial charge in [0, 0.05) is 11.1 Å². The lowest BCUT2D eigenvalue weighted by Gasteiger charge is -2.19. The maximum atomic E-state index is 12.6. The van der Waals surface area contributed by atoms with E-state index in [1.54, 1.807) is 0 Å². The molecule has 0 radical (unpaired) electrons. The van der Waals surface area contributed by atoms with E-state index in [4.69, 9.17) is 10.2 Å². The van der Waals surface area contributed by atoms with Gasteiger partial charge in [-0.2, -0.15) is 0 Å². The van der Waals surface area contributed by atoms with Crippen LogP contribution in [0.2, 0.25) is 0 Å². The van der Waals surface area contributed by atoms with E-state index in [9.17, 15) is 22.8 Å². The second-order valence-corrected chi connectivity index (χ2v) is 6.75. The van der Waals surface area contributed by atoms with Gasteiger partial charge in [-0.1, -0.05) is 0 Å². The number of carboxylic acids is 2. The molecule has 0 saturated carbocycles. The maximum Gasteiger partial charge on any atom is 0.335 e. The molecule has 0 aliphatic carbocycles. The van der Waals surface area contributed by atoms with Crippen molar-refractivity contribution in [2.24, 2.45) is 0 Å². The van der Waals surface area contributed by atoms with Crippen molar-refractivity contribution in [2.75, 3.05) is 0 Å². The summed E-state index contributed by atoms with van der Waals surface area (Å²) < 4.78 is 25.2. The molecule has 1 aliphatic rings. The molecule has 23 heavy (non-hydrogen) atoms. The van der Waals surface area contributed by atoms with E-state index in [1.807, 2.05) is 0 Å². The summed E-state index contributed by atoms with van der Waals surface area (Å²) in [6.07, 6.45) is 0. The molecule has 0 unspecified atom stereocenters. The Morgan fingerprint density at radius 2 is 1.35 bits per heavy atom. The van der Waals surface area contributed by atoms with Crippen LogP contribution in [0.15, 0.2) is 46.2 Å². The lowest BCUT2D eigenvalue weighted by Crippen LogP contribution is -2.21. The molecule has 0 saturated heterocycles. The highest BCUT2D eigenvalue weighted by Crippen LogP contribution is 2.35. The average Bonchev–Trinajstić information content (AvgIpc) is 2.51. The van der Waals surface area contributed by atoms with Gasteiger partial charge in [0.25, 0.3) is 0 Å². The van der Waals surface area contributed by atoms with Crippen molar-refractivity contribution in [1.82, 2.24) is 0 Å². The van der Waals surface area contributed by atoms with Gasteiger partial charge in [-0.25, -0.2) is 18.0 Å². The Morgan fingerprint density at radius 3 is 1.96 bits per heavy atom. The van der Waals surface area contributed by atoms with Crippen LogP contribution in [-0.2, 0) is 9.84 Å². The summed E-state index contributed by atoms with van der Waals surface area (Å²) in [6.45, 7) is 0. The van der Waals surface area contributed by atoms with Gasteiger partial charge in [-0.15, -0.1) is 0 Å². The summed E-state index contributed by atoms with van der Waals surface area (Å²) in [7, 11) is -4.11. The van der Waals surface area contributed by atoms with Gasteiger partial charge in [0.05, 0.1) is 20.9 Å². The summed E-state index contributed by atoms with van der Waals surface area (Å²) in [5, 5.41) is 17.9. The zero-order chi connectivity index (χ0) is 16.9. The summed E-state index contributed by atoms with van der Waals surface area (Å²) >= 11 is 0. The van der Waals surface area contributed by atoms with E-state index in [0.717, 1.165) is 36.4 Å². The molecule has 0 atom stereocenters. The van der Waals surface area contributed by atoms with Crippen molar-refractivity contribution >= 4 is 27.6 Å². The number of carbonyl (C=O) groups excluding carboxylic acids is 1. The van der Waals surface area contributed by atoms with Gasteiger partial charge in [0.15, 0.2) is 5.78 Å². The second kappa shape index (κ2) is 4.75. The number of carbonyl (C=O) groups is 3. The van der Waals surface area contributed by atoms with Gasteiger partial charge in [0.1, 0.15) is 0 Å². The minimum Gasteiger partial charge on any atom is -0.478 e.